The van der Waals surface area contributed by atoms with Crippen LogP contribution in [-0.4, -0.2) is 40.5 Å². The van der Waals surface area contributed by atoms with Gasteiger partial charge in [0.15, 0.2) is 0 Å². The highest BCUT2D eigenvalue weighted by Crippen LogP contribution is 2.00. The second kappa shape index (κ2) is 6.48. The molecule has 0 fully saturated rings. The first-order chi connectivity index (χ1) is 8.90. The van der Waals surface area contributed by atoms with Gasteiger partial charge in [0.05, 0.1) is 12.1 Å². The predicted molar refractivity (Wildman–Crippen MR) is 66.8 cm³/mol. The van der Waals surface area contributed by atoms with E-state index in [2.05, 4.69) is 15.6 Å². The molecule has 7 heteroatoms. The summed E-state index contributed by atoms with van der Waals surface area (Å²) in [7, 11) is 0. The average Bonchev–Trinajstić information content (AvgIpc) is 2.35. The van der Waals surface area contributed by atoms with Gasteiger partial charge in [-0.05, 0) is 26.0 Å². The van der Waals surface area contributed by atoms with Crippen molar-refractivity contribution < 1.29 is 19.5 Å². The molecule has 0 aromatic carbocycles. The first-order valence-corrected chi connectivity index (χ1v) is 5.67. The third kappa shape index (κ3) is 4.74. The molecule has 0 bridgehead atoms. The lowest BCUT2D eigenvalue weighted by molar-refractivity contribution is -0.120. The quantitative estimate of drug-likeness (QED) is 0.696. The summed E-state index contributed by atoms with van der Waals surface area (Å²) in [5.74, 6) is -1.95. The summed E-state index contributed by atoms with van der Waals surface area (Å²) in [6.45, 7) is 3.47. The molecular weight excluding hydrogens is 250 g/mol. The Morgan fingerprint density at radius 2 is 2.00 bits per heavy atom. The molecule has 0 unspecified atom stereocenters. The lowest BCUT2D eigenvalue weighted by Crippen LogP contribution is -2.40. The summed E-state index contributed by atoms with van der Waals surface area (Å²) in [5.41, 5.74) is 0.0523. The van der Waals surface area contributed by atoms with Crippen molar-refractivity contribution in [1.29, 1.82) is 0 Å². The molecule has 2 amide bonds. The number of carboxylic acids is 1. The fourth-order valence-corrected chi connectivity index (χ4v) is 1.28. The fourth-order valence-electron chi connectivity index (χ4n) is 1.28. The third-order valence-electron chi connectivity index (χ3n) is 2.10. The Kier molecular flexibility index (Phi) is 4.99. The minimum Gasteiger partial charge on any atom is -0.478 e. The first kappa shape index (κ1) is 14.6. The summed E-state index contributed by atoms with van der Waals surface area (Å²) in [5, 5.41) is 13.7. The molecule has 0 aliphatic rings. The van der Waals surface area contributed by atoms with Gasteiger partial charge in [0.1, 0.15) is 5.69 Å². The number of aromatic nitrogens is 1. The van der Waals surface area contributed by atoms with Crippen LogP contribution >= 0.6 is 0 Å². The van der Waals surface area contributed by atoms with Crippen LogP contribution in [0.3, 0.4) is 0 Å². The molecule has 7 nitrogen and oxygen atoms in total. The molecule has 1 aromatic heterocycles. The van der Waals surface area contributed by atoms with Crippen molar-refractivity contribution in [2.24, 2.45) is 0 Å². The van der Waals surface area contributed by atoms with Gasteiger partial charge in [0.2, 0.25) is 5.91 Å². The number of rotatable bonds is 5. The number of hydrogen-bond donors (Lipinski definition) is 3. The number of nitrogens with one attached hydrogen (secondary N) is 2. The van der Waals surface area contributed by atoms with Gasteiger partial charge in [-0.2, -0.15) is 0 Å². The third-order valence-corrected chi connectivity index (χ3v) is 2.10. The molecule has 1 aromatic rings. The smallest absolute Gasteiger partial charge is 0.337 e. The zero-order valence-corrected chi connectivity index (χ0v) is 10.6. The summed E-state index contributed by atoms with van der Waals surface area (Å²) in [6.07, 6.45) is 1.09. The number of nitrogens with zero attached hydrogens (tertiary/aromatic N) is 1. The van der Waals surface area contributed by atoms with E-state index in [-0.39, 0.29) is 29.8 Å². The maximum atomic E-state index is 11.6. The van der Waals surface area contributed by atoms with Crippen LogP contribution in [0.5, 0.6) is 0 Å². The Morgan fingerprint density at radius 3 is 2.47 bits per heavy atom. The van der Waals surface area contributed by atoms with Crippen LogP contribution in [0, 0.1) is 0 Å². The number of carbonyl (C=O) groups excluding carboxylic acids is 2. The second-order valence-corrected chi connectivity index (χ2v) is 4.14. The van der Waals surface area contributed by atoms with Crippen LogP contribution in [0.2, 0.25) is 0 Å². The first-order valence-electron chi connectivity index (χ1n) is 5.67. The van der Waals surface area contributed by atoms with E-state index in [1.807, 2.05) is 13.8 Å². The summed E-state index contributed by atoms with van der Waals surface area (Å²) < 4.78 is 0. The number of amides is 2. The van der Waals surface area contributed by atoms with E-state index in [1.54, 1.807) is 0 Å². The SMILES string of the molecule is CC(C)NC(=O)CNC(=O)c1ccc(C(=O)O)cn1. The Balaban J connectivity index is 2.54. The van der Waals surface area contributed by atoms with E-state index in [1.165, 1.54) is 12.1 Å². The maximum Gasteiger partial charge on any atom is 0.337 e. The van der Waals surface area contributed by atoms with Gasteiger partial charge < -0.3 is 15.7 Å². The van der Waals surface area contributed by atoms with E-state index < -0.39 is 11.9 Å². The number of pyridine rings is 1. The van der Waals surface area contributed by atoms with Crippen molar-refractivity contribution in [3.63, 3.8) is 0 Å². The average molecular weight is 265 g/mol. The Bertz CT molecular complexity index is 482. The molecule has 0 radical (unpaired) electrons. The van der Waals surface area contributed by atoms with Gasteiger partial charge in [-0.3, -0.25) is 14.6 Å². The Hall–Kier alpha value is -2.44. The van der Waals surface area contributed by atoms with Gasteiger partial charge in [-0.1, -0.05) is 0 Å². The van der Waals surface area contributed by atoms with Gasteiger partial charge in [0, 0.05) is 12.2 Å². The highest BCUT2D eigenvalue weighted by molar-refractivity contribution is 5.95. The molecular formula is C12H15N3O4. The van der Waals surface area contributed by atoms with Crippen molar-refractivity contribution in [2.45, 2.75) is 19.9 Å². The van der Waals surface area contributed by atoms with Gasteiger partial charge in [-0.25, -0.2) is 4.79 Å². The van der Waals surface area contributed by atoms with Crippen molar-refractivity contribution in [1.82, 2.24) is 15.6 Å². The van der Waals surface area contributed by atoms with E-state index in [4.69, 9.17) is 5.11 Å². The van der Waals surface area contributed by atoms with Gasteiger partial charge in [-0.15, -0.1) is 0 Å². The molecule has 0 saturated carbocycles. The molecule has 3 N–H and O–H groups in total. The zero-order valence-electron chi connectivity index (χ0n) is 10.6. The summed E-state index contributed by atoms with van der Waals surface area (Å²) >= 11 is 0. The van der Waals surface area contributed by atoms with Gasteiger partial charge in [0.25, 0.3) is 5.91 Å². The summed E-state index contributed by atoms with van der Waals surface area (Å²) in [6, 6.07) is 2.56. The molecule has 102 valence electrons. The molecule has 1 rings (SSSR count). The normalized spacial score (nSPS) is 10.1. The monoisotopic (exact) mass is 265 g/mol. The number of carboxylic acid groups (broad SMARTS) is 1. The van der Waals surface area contributed by atoms with Crippen molar-refractivity contribution >= 4 is 17.8 Å². The largest absolute Gasteiger partial charge is 0.478 e. The second-order valence-electron chi connectivity index (χ2n) is 4.14. The highest BCUT2D eigenvalue weighted by Gasteiger charge is 2.11. The van der Waals surface area contributed by atoms with Crippen molar-refractivity contribution in [3.8, 4) is 0 Å². The van der Waals surface area contributed by atoms with Crippen LogP contribution in [0.15, 0.2) is 18.3 Å². The highest BCUT2D eigenvalue weighted by atomic mass is 16.4. The number of aromatic carboxylic acids is 1. The van der Waals surface area contributed by atoms with E-state index >= 15 is 0 Å². The van der Waals surface area contributed by atoms with E-state index in [0.717, 1.165) is 6.20 Å². The van der Waals surface area contributed by atoms with Crippen LogP contribution in [0.1, 0.15) is 34.7 Å². The topological polar surface area (TPSA) is 108 Å². The number of carbonyl (C=O) groups is 3. The maximum absolute atomic E-state index is 11.6. The van der Waals surface area contributed by atoms with Crippen molar-refractivity contribution in [3.05, 3.63) is 29.6 Å². The van der Waals surface area contributed by atoms with Crippen LogP contribution in [0.4, 0.5) is 0 Å². The standard InChI is InChI=1S/C12H15N3O4/c1-7(2)15-10(16)6-14-11(17)9-4-3-8(5-13-9)12(18)19/h3-5,7H,6H2,1-2H3,(H,14,17)(H,15,16)(H,18,19). The lowest BCUT2D eigenvalue weighted by atomic mass is 10.2. The molecule has 0 atom stereocenters. The van der Waals surface area contributed by atoms with Crippen LogP contribution in [0.25, 0.3) is 0 Å². The Labute approximate surface area is 110 Å². The van der Waals surface area contributed by atoms with E-state index in [0.29, 0.717) is 0 Å². The Morgan fingerprint density at radius 1 is 1.32 bits per heavy atom. The van der Waals surface area contributed by atoms with E-state index in [9.17, 15) is 14.4 Å². The lowest BCUT2D eigenvalue weighted by Gasteiger charge is -2.09. The fraction of sp³-hybridized carbons (Fsp3) is 0.333. The summed E-state index contributed by atoms with van der Waals surface area (Å²) in [4.78, 5) is 37.2. The predicted octanol–water partition coefficient (Wildman–Crippen LogP) is 0.0342. The minimum absolute atomic E-state index is 0.00243. The van der Waals surface area contributed by atoms with Crippen LogP contribution in [-0.2, 0) is 4.79 Å². The molecule has 19 heavy (non-hydrogen) atoms. The molecule has 0 spiro atoms. The molecule has 0 aliphatic carbocycles. The zero-order chi connectivity index (χ0) is 14.4. The van der Waals surface area contributed by atoms with Gasteiger partial charge >= 0.3 is 5.97 Å². The molecule has 0 saturated heterocycles. The minimum atomic E-state index is -1.12. The van der Waals surface area contributed by atoms with Crippen molar-refractivity contribution in [2.75, 3.05) is 6.54 Å². The molecule has 1 heterocycles. The molecule has 0 aliphatic heterocycles. The van der Waals surface area contributed by atoms with Crippen LogP contribution < -0.4 is 10.6 Å². The number of hydrogen-bond acceptors (Lipinski definition) is 4.